The quantitative estimate of drug-likeness (QED) is 0.402. The highest BCUT2D eigenvalue weighted by molar-refractivity contribution is 5.95. The maximum Gasteiger partial charge on any atom is 0.314 e. The second-order valence-corrected chi connectivity index (χ2v) is 9.36. The molecule has 0 bridgehead atoms. The Labute approximate surface area is 207 Å². The first-order valence-corrected chi connectivity index (χ1v) is 12.7. The number of nitrogens with zero attached hydrogens (tertiary/aromatic N) is 3. The Hall–Kier alpha value is -3.73. The molecule has 4 aromatic carbocycles. The van der Waals surface area contributed by atoms with E-state index in [9.17, 15) is 4.79 Å². The molecular formula is C30H34N4O. The molecule has 2 saturated heterocycles. The average molecular weight is 467 g/mol. The number of hydrogen-bond acceptors (Lipinski definition) is 3. The van der Waals surface area contributed by atoms with Gasteiger partial charge in [0.25, 0.3) is 0 Å². The second-order valence-electron chi connectivity index (χ2n) is 9.36. The molecule has 0 saturated carbocycles. The Kier molecular flexibility index (Phi) is 7.03. The standard InChI is InChI=1S/C15H17N3O.C15H17N/c16-15(19)18-10-8-17(9-11-18)14-7-3-5-12-4-1-2-6-13(12)14;1-4-11-16(12-5-1)15-10-6-8-13-7-2-3-9-14(13)15/h1-7H,8-11H2,(H2,16,19);2-3,6-10H,1,4-5,11-12H2. The summed E-state index contributed by atoms with van der Waals surface area (Å²) in [7, 11) is 0. The minimum Gasteiger partial charge on any atom is -0.371 e. The smallest absolute Gasteiger partial charge is 0.314 e. The number of carbonyl (C=O) groups excluding carboxylic acids is 1. The molecule has 6 rings (SSSR count). The third-order valence-electron chi connectivity index (χ3n) is 7.16. The van der Waals surface area contributed by atoms with Crippen LogP contribution in [0.15, 0.2) is 84.9 Å². The highest BCUT2D eigenvalue weighted by Crippen LogP contribution is 2.29. The van der Waals surface area contributed by atoms with Crippen molar-refractivity contribution in [3.05, 3.63) is 84.9 Å². The predicted molar refractivity (Wildman–Crippen MR) is 147 cm³/mol. The molecule has 0 spiro atoms. The minimum atomic E-state index is -0.322. The van der Waals surface area contributed by atoms with Crippen LogP contribution in [0.5, 0.6) is 0 Å². The van der Waals surface area contributed by atoms with Crippen molar-refractivity contribution in [1.29, 1.82) is 0 Å². The van der Waals surface area contributed by atoms with E-state index in [1.54, 1.807) is 4.90 Å². The van der Waals surface area contributed by atoms with Crippen LogP contribution in [0.25, 0.3) is 21.5 Å². The van der Waals surface area contributed by atoms with Crippen molar-refractivity contribution in [2.24, 2.45) is 5.73 Å². The molecule has 5 nitrogen and oxygen atoms in total. The summed E-state index contributed by atoms with van der Waals surface area (Å²) >= 11 is 0. The number of urea groups is 1. The summed E-state index contributed by atoms with van der Waals surface area (Å²) in [6.45, 7) is 5.48. The SMILES string of the molecule is NC(=O)N1CCN(c2cccc3ccccc23)CC1.c1ccc2c(N3CCCCC3)cccc2c1. The molecule has 0 radical (unpaired) electrons. The zero-order chi connectivity index (χ0) is 24.0. The lowest BCUT2D eigenvalue weighted by Crippen LogP contribution is -2.50. The normalized spacial score (nSPS) is 16.2. The van der Waals surface area contributed by atoms with Crippen LogP contribution in [0, 0.1) is 0 Å². The van der Waals surface area contributed by atoms with E-state index in [0.717, 1.165) is 13.1 Å². The first-order chi connectivity index (χ1) is 17.2. The van der Waals surface area contributed by atoms with Crippen molar-refractivity contribution < 1.29 is 4.79 Å². The van der Waals surface area contributed by atoms with E-state index < -0.39 is 0 Å². The third-order valence-corrected chi connectivity index (χ3v) is 7.16. The monoisotopic (exact) mass is 466 g/mol. The first-order valence-electron chi connectivity index (χ1n) is 12.7. The molecule has 0 unspecified atom stereocenters. The molecule has 2 heterocycles. The Morgan fingerprint density at radius 1 is 0.543 bits per heavy atom. The number of benzene rings is 4. The Morgan fingerprint density at radius 2 is 1.00 bits per heavy atom. The van der Waals surface area contributed by atoms with Crippen LogP contribution in [0.4, 0.5) is 16.2 Å². The summed E-state index contributed by atoms with van der Waals surface area (Å²) in [4.78, 5) is 17.7. The number of piperazine rings is 1. The van der Waals surface area contributed by atoms with E-state index in [1.807, 2.05) is 0 Å². The van der Waals surface area contributed by atoms with Crippen LogP contribution in [0.3, 0.4) is 0 Å². The maximum atomic E-state index is 11.1. The summed E-state index contributed by atoms with van der Waals surface area (Å²) in [5, 5.41) is 5.26. The van der Waals surface area contributed by atoms with Crippen molar-refractivity contribution in [1.82, 2.24) is 4.90 Å². The summed E-state index contributed by atoms with van der Waals surface area (Å²) < 4.78 is 0. The van der Waals surface area contributed by atoms with Gasteiger partial charge in [0, 0.05) is 61.4 Å². The Balaban J connectivity index is 0.000000147. The van der Waals surface area contributed by atoms with Crippen LogP contribution in [-0.4, -0.2) is 50.2 Å². The molecular weight excluding hydrogens is 432 g/mol. The largest absolute Gasteiger partial charge is 0.371 e. The Morgan fingerprint density at radius 3 is 1.51 bits per heavy atom. The van der Waals surface area contributed by atoms with Gasteiger partial charge in [-0.05, 0) is 42.2 Å². The molecule has 35 heavy (non-hydrogen) atoms. The van der Waals surface area contributed by atoms with E-state index >= 15 is 0 Å². The number of anilines is 2. The van der Waals surface area contributed by atoms with Crippen molar-refractivity contribution in [3.8, 4) is 0 Å². The number of carbonyl (C=O) groups is 1. The molecule has 0 aromatic heterocycles. The van der Waals surface area contributed by atoms with Gasteiger partial charge >= 0.3 is 6.03 Å². The molecule has 5 heteroatoms. The molecule has 2 aliphatic rings. The van der Waals surface area contributed by atoms with Gasteiger partial charge in [0.1, 0.15) is 0 Å². The van der Waals surface area contributed by atoms with Gasteiger partial charge in [-0.3, -0.25) is 0 Å². The Bertz CT molecular complexity index is 1280. The molecule has 4 aromatic rings. The van der Waals surface area contributed by atoms with Crippen LogP contribution in [0.1, 0.15) is 19.3 Å². The lowest BCUT2D eigenvalue weighted by molar-refractivity contribution is 0.204. The number of nitrogens with two attached hydrogens (primary N) is 1. The molecule has 0 aliphatic carbocycles. The van der Waals surface area contributed by atoms with Crippen LogP contribution in [-0.2, 0) is 0 Å². The number of hydrogen-bond donors (Lipinski definition) is 1. The zero-order valence-corrected chi connectivity index (χ0v) is 20.3. The number of rotatable bonds is 2. The second kappa shape index (κ2) is 10.7. The van der Waals surface area contributed by atoms with E-state index in [4.69, 9.17) is 5.73 Å². The summed E-state index contributed by atoms with van der Waals surface area (Å²) in [5.74, 6) is 0. The number of amides is 2. The van der Waals surface area contributed by atoms with Crippen molar-refractivity contribution >= 4 is 39.0 Å². The van der Waals surface area contributed by atoms with Gasteiger partial charge in [-0.25, -0.2) is 4.79 Å². The van der Waals surface area contributed by atoms with E-state index in [0.29, 0.717) is 13.1 Å². The highest BCUT2D eigenvalue weighted by Gasteiger charge is 2.20. The fraction of sp³-hybridized carbons (Fsp3) is 0.300. The molecule has 2 N–H and O–H groups in total. The van der Waals surface area contributed by atoms with Gasteiger partial charge in [-0.2, -0.15) is 0 Å². The maximum absolute atomic E-state index is 11.1. The topological polar surface area (TPSA) is 52.8 Å². The van der Waals surface area contributed by atoms with Gasteiger partial charge in [0.2, 0.25) is 0 Å². The lowest BCUT2D eigenvalue weighted by Gasteiger charge is -2.35. The predicted octanol–water partition coefficient (Wildman–Crippen LogP) is 5.87. The van der Waals surface area contributed by atoms with E-state index in [2.05, 4.69) is 94.7 Å². The van der Waals surface area contributed by atoms with Crippen LogP contribution in [0.2, 0.25) is 0 Å². The number of fused-ring (bicyclic) bond motifs is 2. The van der Waals surface area contributed by atoms with E-state index in [-0.39, 0.29) is 6.03 Å². The third kappa shape index (κ3) is 5.19. The van der Waals surface area contributed by atoms with Gasteiger partial charge in [-0.15, -0.1) is 0 Å². The van der Waals surface area contributed by atoms with Gasteiger partial charge in [-0.1, -0.05) is 72.8 Å². The summed E-state index contributed by atoms with van der Waals surface area (Å²) in [5.41, 5.74) is 7.96. The fourth-order valence-corrected chi connectivity index (χ4v) is 5.27. The first kappa shape index (κ1) is 23.0. The van der Waals surface area contributed by atoms with Gasteiger partial charge in [0.05, 0.1) is 0 Å². The van der Waals surface area contributed by atoms with E-state index in [1.165, 1.54) is 65.3 Å². The summed E-state index contributed by atoms with van der Waals surface area (Å²) in [6, 6.07) is 29.7. The molecule has 2 fully saturated rings. The van der Waals surface area contributed by atoms with Crippen molar-refractivity contribution in [2.75, 3.05) is 49.1 Å². The molecule has 180 valence electrons. The van der Waals surface area contributed by atoms with Gasteiger partial charge in [0.15, 0.2) is 0 Å². The highest BCUT2D eigenvalue weighted by atomic mass is 16.2. The average Bonchev–Trinajstić information content (AvgIpc) is 2.93. The minimum absolute atomic E-state index is 0.322. The zero-order valence-electron chi connectivity index (χ0n) is 20.3. The number of piperidine rings is 1. The fourth-order valence-electron chi connectivity index (χ4n) is 5.27. The number of primary amides is 1. The van der Waals surface area contributed by atoms with Gasteiger partial charge < -0.3 is 20.4 Å². The van der Waals surface area contributed by atoms with Crippen molar-refractivity contribution in [2.45, 2.75) is 19.3 Å². The lowest BCUT2D eigenvalue weighted by atomic mass is 10.1. The molecule has 0 atom stereocenters. The van der Waals surface area contributed by atoms with Crippen LogP contribution >= 0.6 is 0 Å². The summed E-state index contributed by atoms with van der Waals surface area (Å²) in [6.07, 6.45) is 4.06. The van der Waals surface area contributed by atoms with Crippen LogP contribution < -0.4 is 15.5 Å². The molecule has 2 aliphatic heterocycles. The van der Waals surface area contributed by atoms with Crippen molar-refractivity contribution in [3.63, 3.8) is 0 Å². The molecule has 2 amide bonds.